The van der Waals surface area contributed by atoms with Crippen LogP contribution < -0.4 is 0 Å². The molecule has 0 radical (unpaired) electrons. The molecule has 3 nitrogen and oxygen atoms in total. The molecular formula is C14H17ClN2O. The zero-order chi connectivity index (χ0) is 11.8. The molecule has 2 heterocycles. The summed E-state index contributed by atoms with van der Waals surface area (Å²) in [5.41, 5.74) is 0.973. The van der Waals surface area contributed by atoms with Crippen LogP contribution >= 0.6 is 12.4 Å². The topological polar surface area (TPSA) is 28.7 Å². The van der Waals surface area contributed by atoms with E-state index in [1.54, 1.807) is 0 Å². The van der Waals surface area contributed by atoms with Crippen molar-refractivity contribution in [3.63, 3.8) is 0 Å². The average Bonchev–Trinajstić information content (AvgIpc) is 2.95. The summed E-state index contributed by atoms with van der Waals surface area (Å²) >= 11 is 0. The van der Waals surface area contributed by atoms with E-state index in [2.05, 4.69) is 22.0 Å². The summed E-state index contributed by atoms with van der Waals surface area (Å²) in [5, 5.41) is 1.18. The third kappa shape index (κ3) is 2.23. The van der Waals surface area contributed by atoms with Crippen LogP contribution in [-0.2, 0) is 0 Å². The van der Waals surface area contributed by atoms with E-state index in [0.717, 1.165) is 30.1 Å². The van der Waals surface area contributed by atoms with E-state index in [1.807, 2.05) is 32.3 Å². The predicted octanol–water partition coefficient (Wildman–Crippen LogP) is 3.30. The first-order chi connectivity index (χ1) is 8.24. The third-order valence-corrected chi connectivity index (χ3v) is 3.29. The van der Waals surface area contributed by atoms with E-state index in [-0.39, 0.29) is 12.4 Å². The Morgan fingerprint density at radius 2 is 2.06 bits per heavy atom. The smallest absolute Gasteiger partial charge is 0.134 e. The van der Waals surface area contributed by atoms with E-state index in [4.69, 9.17) is 4.42 Å². The average molecular weight is 265 g/mol. The summed E-state index contributed by atoms with van der Waals surface area (Å²) in [7, 11) is 4.08. The highest BCUT2D eigenvalue weighted by molar-refractivity contribution is 5.85. The largest absolute Gasteiger partial charge is 0.461 e. The van der Waals surface area contributed by atoms with Crippen molar-refractivity contribution >= 4 is 29.2 Å². The summed E-state index contributed by atoms with van der Waals surface area (Å²) in [5.74, 6) is 2.63. The Morgan fingerprint density at radius 1 is 1.28 bits per heavy atom. The maximum atomic E-state index is 5.89. The fraction of sp³-hybridized carbons (Fsp3) is 0.357. The summed E-state index contributed by atoms with van der Waals surface area (Å²) in [6.07, 6.45) is 0.979. The number of amidine groups is 1. The number of nitrogens with zero attached hydrogens (tertiary/aromatic N) is 2. The second-order valence-electron chi connectivity index (χ2n) is 4.74. The van der Waals surface area contributed by atoms with Crippen LogP contribution in [-0.4, -0.2) is 31.4 Å². The van der Waals surface area contributed by atoms with Gasteiger partial charge in [-0.2, -0.15) is 0 Å². The molecule has 0 aliphatic carbocycles. The van der Waals surface area contributed by atoms with Crippen LogP contribution in [0, 0.1) is 0 Å². The van der Waals surface area contributed by atoms with Gasteiger partial charge in [0.05, 0.1) is 12.4 Å². The highest BCUT2D eigenvalue weighted by Gasteiger charge is 2.24. The number of hydrogen-bond donors (Lipinski definition) is 0. The summed E-state index contributed by atoms with van der Waals surface area (Å²) < 4.78 is 5.89. The first-order valence-corrected chi connectivity index (χ1v) is 5.93. The SMILES string of the molecule is CN(C)C1=NCC(c2cc3ccccc3o2)C1.Cl. The molecule has 4 heteroatoms. The van der Waals surface area contributed by atoms with E-state index >= 15 is 0 Å². The van der Waals surface area contributed by atoms with Gasteiger partial charge in [0.15, 0.2) is 0 Å². The molecule has 0 saturated carbocycles. The minimum absolute atomic E-state index is 0. The normalized spacial score (nSPS) is 18.6. The lowest BCUT2D eigenvalue weighted by atomic mass is 10.0. The summed E-state index contributed by atoms with van der Waals surface area (Å²) in [6, 6.07) is 10.3. The van der Waals surface area contributed by atoms with Crippen molar-refractivity contribution < 1.29 is 4.42 Å². The van der Waals surface area contributed by atoms with Crippen molar-refractivity contribution in [2.24, 2.45) is 4.99 Å². The van der Waals surface area contributed by atoms with Gasteiger partial charge in [0.25, 0.3) is 0 Å². The van der Waals surface area contributed by atoms with Gasteiger partial charge in [-0.3, -0.25) is 4.99 Å². The van der Waals surface area contributed by atoms with Crippen LogP contribution in [0.2, 0.25) is 0 Å². The molecular weight excluding hydrogens is 248 g/mol. The molecule has 1 atom stereocenters. The lowest BCUT2D eigenvalue weighted by Crippen LogP contribution is -2.20. The van der Waals surface area contributed by atoms with Crippen LogP contribution in [0.1, 0.15) is 18.1 Å². The van der Waals surface area contributed by atoms with Crippen molar-refractivity contribution in [3.8, 4) is 0 Å². The zero-order valence-electron chi connectivity index (χ0n) is 10.6. The zero-order valence-corrected chi connectivity index (χ0v) is 11.4. The van der Waals surface area contributed by atoms with Gasteiger partial charge in [0.2, 0.25) is 0 Å². The fourth-order valence-electron chi connectivity index (χ4n) is 2.28. The molecule has 1 aromatic carbocycles. The molecule has 0 bridgehead atoms. The van der Waals surface area contributed by atoms with Gasteiger partial charge in [-0.05, 0) is 12.1 Å². The van der Waals surface area contributed by atoms with Crippen molar-refractivity contribution in [3.05, 3.63) is 36.1 Å². The van der Waals surface area contributed by atoms with Gasteiger partial charge in [-0.1, -0.05) is 18.2 Å². The van der Waals surface area contributed by atoms with Crippen molar-refractivity contribution in [1.82, 2.24) is 4.90 Å². The molecule has 0 fully saturated rings. The molecule has 3 rings (SSSR count). The monoisotopic (exact) mass is 264 g/mol. The second-order valence-corrected chi connectivity index (χ2v) is 4.74. The Balaban J connectivity index is 0.00000120. The number of fused-ring (bicyclic) bond motifs is 1. The third-order valence-electron chi connectivity index (χ3n) is 3.29. The van der Waals surface area contributed by atoms with E-state index in [1.165, 1.54) is 5.39 Å². The first kappa shape index (κ1) is 13.0. The van der Waals surface area contributed by atoms with Gasteiger partial charge in [-0.15, -0.1) is 12.4 Å². The number of hydrogen-bond acceptors (Lipinski definition) is 3. The maximum Gasteiger partial charge on any atom is 0.134 e. The van der Waals surface area contributed by atoms with Crippen LogP contribution in [0.15, 0.2) is 39.7 Å². The Labute approximate surface area is 113 Å². The summed E-state index contributed by atoms with van der Waals surface area (Å²) in [4.78, 5) is 6.63. The molecule has 2 aromatic rings. The number of halogens is 1. The fourth-order valence-corrected chi connectivity index (χ4v) is 2.28. The van der Waals surface area contributed by atoms with Crippen LogP contribution in [0.4, 0.5) is 0 Å². The Bertz CT molecular complexity index is 541. The molecule has 1 aliphatic heterocycles. The van der Waals surface area contributed by atoms with Crippen LogP contribution in [0.25, 0.3) is 11.0 Å². The van der Waals surface area contributed by atoms with Crippen LogP contribution in [0.3, 0.4) is 0 Å². The predicted molar refractivity (Wildman–Crippen MR) is 76.8 cm³/mol. The van der Waals surface area contributed by atoms with Gasteiger partial charge >= 0.3 is 0 Å². The standard InChI is InChI=1S/C14H16N2O.ClH/c1-16(2)14-8-11(9-15-14)13-7-10-5-3-4-6-12(10)17-13;/h3-7,11H,8-9H2,1-2H3;1H. The minimum Gasteiger partial charge on any atom is -0.461 e. The van der Waals surface area contributed by atoms with Gasteiger partial charge in [0, 0.05) is 31.8 Å². The van der Waals surface area contributed by atoms with Gasteiger partial charge in [0.1, 0.15) is 11.3 Å². The second kappa shape index (κ2) is 5.02. The molecule has 1 unspecified atom stereocenters. The first-order valence-electron chi connectivity index (χ1n) is 5.93. The number of para-hydroxylation sites is 1. The van der Waals surface area contributed by atoms with Crippen molar-refractivity contribution in [2.45, 2.75) is 12.3 Å². The highest BCUT2D eigenvalue weighted by Crippen LogP contribution is 2.30. The lowest BCUT2D eigenvalue weighted by molar-refractivity contribution is 0.504. The lowest BCUT2D eigenvalue weighted by Gasteiger charge is -2.12. The maximum absolute atomic E-state index is 5.89. The number of aliphatic imine (C=N–C) groups is 1. The molecule has 96 valence electrons. The quantitative estimate of drug-likeness (QED) is 0.791. The highest BCUT2D eigenvalue weighted by atomic mass is 35.5. The van der Waals surface area contributed by atoms with E-state index in [0.29, 0.717) is 5.92 Å². The Hall–Kier alpha value is -1.48. The van der Waals surface area contributed by atoms with Gasteiger partial charge < -0.3 is 9.32 Å². The molecule has 1 aromatic heterocycles. The summed E-state index contributed by atoms with van der Waals surface area (Å²) in [6.45, 7) is 0.841. The molecule has 0 spiro atoms. The number of furan rings is 1. The number of benzene rings is 1. The molecule has 0 saturated heterocycles. The van der Waals surface area contributed by atoms with Crippen molar-refractivity contribution in [1.29, 1.82) is 0 Å². The Kier molecular flexibility index (Phi) is 3.62. The molecule has 0 amide bonds. The van der Waals surface area contributed by atoms with Gasteiger partial charge in [-0.25, -0.2) is 0 Å². The van der Waals surface area contributed by atoms with Crippen LogP contribution in [0.5, 0.6) is 0 Å². The molecule has 18 heavy (non-hydrogen) atoms. The Morgan fingerprint density at radius 3 is 2.72 bits per heavy atom. The molecule has 0 N–H and O–H groups in total. The molecule has 1 aliphatic rings. The van der Waals surface area contributed by atoms with E-state index < -0.39 is 0 Å². The van der Waals surface area contributed by atoms with Crippen molar-refractivity contribution in [2.75, 3.05) is 20.6 Å². The minimum atomic E-state index is 0. The number of rotatable bonds is 1. The van der Waals surface area contributed by atoms with E-state index in [9.17, 15) is 0 Å².